The monoisotopic (exact) mass is 355 g/mol. The van der Waals surface area contributed by atoms with Crippen LogP contribution in [0, 0.1) is 18.3 Å². The number of anilines is 1. The summed E-state index contributed by atoms with van der Waals surface area (Å²) in [5.74, 6) is 0.643. The summed E-state index contributed by atoms with van der Waals surface area (Å²) in [6.45, 7) is 2.00. The van der Waals surface area contributed by atoms with Crippen molar-refractivity contribution in [3.05, 3.63) is 65.2 Å². The van der Waals surface area contributed by atoms with Crippen molar-refractivity contribution >= 4 is 16.6 Å². The quantitative estimate of drug-likeness (QED) is 0.565. The SMILES string of the molecule is Cc1cc2c(cc1C#N)CC[C@@H]2Nc1ccc2[nH]nc(-c3cnco3)c2c1. The lowest BCUT2D eigenvalue weighted by Crippen LogP contribution is -2.07. The van der Waals surface area contributed by atoms with Crippen LogP contribution >= 0.6 is 0 Å². The predicted octanol–water partition coefficient (Wildman–Crippen LogP) is 4.50. The molecule has 0 radical (unpaired) electrons. The van der Waals surface area contributed by atoms with E-state index in [-0.39, 0.29) is 6.04 Å². The molecule has 0 spiro atoms. The molecule has 0 unspecified atom stereocenters. The van der Waals surface area contributed by atoms with Gasteiger partial charge in [0, 0.05) is 11.1 Å². The third-order valence-corrected chi connectivity index (χ3v) is 5.25. The first-order chi connectivity index (χ1) is 13.2. The molecule has 0 fully saturated rings. The van der Waals surface area contributed by atoms with Crippen molar-refractivity contribution in [1.82, 2.24) is 15.2 Å². The first-order valence-electron chi connectivity index (χ1n) is 8.90. The van der Waals surface area contributed by atoms with Gasteiger partial charge in [-0.25, -0.2) is 4.98 Å². The highest BCUT2D eigenvalue weighted by Gasteiger charge is 2.24. The molecule has 0 aliphatic heterocycles. The lowest BCUT2D eigenvalue weighted by Gasteiger charge is -2.16. The maximum Gasteiger partial charge on any atom is 0.181 e. The predicted molar refractivity (Wildman–Crippen MR) is 102 cm³/mol. The number of aromatic amines is 1. The molecule has 6 heteroatoms. The molecule has 1 atom stereocenters. The second-order valence-electron chi connectivity index (χ2n) is 6.91. The average Bonchev–Trinajstić information content (AvgIpc) is 3.41. The summed E-state index contributed by atoms with van der Waals surface area (Å²) in [6.07, 6.45) is 5.07. The Hall–Kier alpha value is -3.59. The maximum absolute atomic E-state index is 9.25. The van der Waals surface area contributed by atoms with Crippen LogP contribution < -0.4 is 5.32 Å². The van der Waals surface area contributed by atoms with E-state index in [2.05, 4.69) is 44.8 Å². The van der Waals surface area contributed by atoms with Crippen LogP contribution in [0.4, 0.5) is 5.69 Å². The van der Waals surface area contributed by atoms with Gasteiger partial charge in [-0.1, -0.05) is 6.07 Å². The van der Waals surface area contributed by atoms with Crippen molar-refractivity contribution in [3.8, 4) is 17.5 Å². The lowest BCUT2D eigenvalue weighted by atomic mass is 10.00. The van der Waals surface area contributed by atoms with Gasteiger partial charge in [0.05, 0.1) is 29.4 Å². The van der Waals surface area contributed by atoms with Gasteiger partial charge < -0.3 is 9.73 Å². The molecule has 2 heterocycles. The van der Waals surface area contributed by atoms with Gasteiger partial charge in [0.15, 0.2) is 12.2 Å². The van der Waals surface area contributed by atoms with Gasteiger partial charge >= 0.3 is 0 Å². The minimum atomic E-state index is 0.240. The van der Waals surface area contributed by atoms with Crippen molar-refractivity contribution in [2.75, 3.05) is 5.32 Å². The van der Waals surface area contributed by atoms with Crippen molar-refractivity contribution in [1.29, 1.82) is 5.26 Å². The summed E-state index contributed by atoms with van der Waals surface area (Å²) in [4.78, 5) is 3.98. The molecule has 0 amide bonds. The van der Waals surface area contributed by atoms with E-state index < -0.39 is 0 Å². The van der Waals surface area contributed by atoms with E-state index >= 15 is 0 Å². The molecular formula is C21H17N5O. The van der Waals surface area contributed by atoms with E-state index in [4.69, 9.17) is 4.42 Å². The average molecular weight is 355 g/mol. The highest BCUT2D eigenvalue weighted by atomic mass is 16.3. The zero-order valence-electron chi connectivity index (χ0n) is 14.8. The molecule has 1 aliphatic rings. The minimum absolute atomic E-state index is 0.240. The van der Waals surface area contributed by atoms with Gasteiger partial charge in [-0.2, -0.15) is 10.4 Å². The number of H-pyrrole nitrogens is 1. The van der Waals surface area contributed by atoms with Crippen LogP contribution in [-0.4, -0.2) is 15.2 Å². The van der Waals surface area contributed by atoms with Gasteiger partial charge in [0.2, 0.25) is 0 Å². The number of hydrogen-bond acceptors (Lipinski definition) is 5. The molecule has 2 aromatic carbocycles. The Balaban J connectivity index is 1.49. The molecular weight excluding hydrogens is 338 g/mol. The fourth-order valence-corrected chi connectivity index (χ4v) is 3.87. The minimum Gasteiger partial charge on any atom is -0.442 e. The van der Waals surface area contributed by atoms with Crippen molar-refractivity contribution in [2.24, 2.45) is 0 Å². The van der Waals surface area contributed by atoms with E-state index in [1.54, 1.807) is 6.20 Å². The summed E-state index contributed by atoms with van der Waals surface area (Å²) < 4.78 is 5.40. The summed E-state index contributed by atoms with van der Waals surface area (Å²) in [6, 6.07) is 12.9. The molecule has 0 saturated heterocycles. The fraction of sp³-hybridized carbons (Fsp3) is 0.190. The van der Waals surface area contributed by atoms with Gasteiger partial charge in [-0.15, -0.1) is 0 Å². The molecule has 0 bridgehead atoms. The Kier molecular flexibility index (Phi) is 3.47. The van der Waals surface area contributed by atoms with Crippen LogP contribution in [0.5, 0.6) is 0 Å². The van der Waals surface area contributed by atoms with Crippen LogP contribution in [0.25, 0.3) is 22.4 Å². The number of fused-ring (bicyclic) bond motifs is 2. The van der Waals surface area contributed by atoms with E-state index in [9.17, 15) is 5.26 Å². The Morgan fingerprint density at radius 1 is 1.30 bits per heavy atom. The van der Waals surface area contributed by atoms with Crippen LogP contribution in [0.15, 0.2) is 47.3 Å². The van der Waals surface area contributed by atoms with Gasteiger partial charge in [-0.3, -0.25) is 5.10 Å². The van der Waals surface area contributed by atoms with Crippen molar-refractivity contribution in [3.63, 3.8) is 0 Å². The third-order valence-electron chi connectivity index (χ3n) is 5.25. The second-order valence-corrected chi connectivity index (χ2v) is 6.91. The van der Waals surface area contributed by atoms with Crippen LogP contribution in [0.1, 0.15) is 34.7 Å². The fourth-order valence-electron chi connectivity index (χ4n) is 3.87. The molecule has 4 aromatic rings. The number of nitrogens with one attached hydrogen (secondary N) is 2. The molecule has 132 valence electrons. The lowest BCUT2D eigenvalue weighted by molar-refractivity contribution is 0.570. The summed E-state index contributed by atoms with van der Waals surface area (Å²) >= 11 is 0. The highest BCUT2D eigenvalue weighted by molar-refractivity contribution is 5.93. The largest absolute Gasteiger partial charge is 0.442 e. The standard InChI is InChI=1S/C21H17N5O/c1-12-6-16-13(7-14(12)9-22)2-4-18(16)24-15-3-5-19-17(8-15)21(26-25-19)20-10-23-11-27-20/h3,5-8,10-11,18,24H,2,4H2,1H3,(H,25,26)/t18-/m0/s1. The summed E-state index contributed by atoms with van der Waals surface area (Å²) in [5, 5.41) is 21.3. The molecule has 2 aromatic heterocycles. The van der Waals surface area contributed by atoms with Gasteiger partial charge in [-0.05, 0) is 60.7 Å². The number of rotatable bonds is 3. The molecule has 2 N–H and O–H groups in total. The first kappa shape index (κ1) is 15.6. The number of nitrogens with zero attached hydrogens (tertiary/aromatic N) is 3. The Labute approximate surface area is 155 Å². The zero-order chi connectivity index (χ0) is 18.4. The molecule has 5 rings (SSSR count). The van der Waals surface area contributed by atoms with Gasteiger partial charge in [0.25, 0.3) is 0 Å². The molecule has 6 nitrogen and oxygen atoms in total. The summed E-state index contributed by atoms with van der Waals surface area (Å²) in [7, 11) is 0. The number of aryl methyl sites for hydroxylation is 2. The smallest absolute Gasteiger partial charge is 0.181 e. The normalized spacial score (nSPS) is 15.6. The topological polar surface area (TPSA) is 90.5 Å². The number of hydrogen-bond donors (Lipinski definition) is 2. The molecule has 1 aliphatic carbocycles. The van der Waals surface area contributed by atoms with E-state index in [0.29, 0.717) is 5.76 Å². The molecule has 27 heavy (non-hydrogen) atoms. The van der Waals surface area contributed by atoms with E-state index in [0.717, 1.165) is 46.3 Å². The van der Waals surface area contributed by atoms with Gasteiger partial charge in [0.1, 0.15) is 5.69 Å². The maximum atomic E-state index is 9.25. The Morgan fingerprint density at radius 2 is 2.22 bits per heavy atom. The molecule has 0 saturated carbocycles. The zero-order valence-corrected chi connectivity index (χ0v) is 14.8. The number of nitriles is 1. The van der Waals surface area contributed by atoms with E-state index in [1.807, 2.05) is 19.1 Å². The highest BCUT2D eigenvalue weighted by Crippen LogP contribution is 2.36. The van der Waals surface area contributed by atoms with E-state index in [1.165, 1.54) is 17.5 Å². The Bertz CT molecular complexity index is 1180. The summed E-state index contributed by atoms with van der Waals surface area (Å²) in [5.41, 5.74) is 7.09. The van der Waals surface area contributed by atoms with Crippen molar-refractivity contribution < 1.29 is 4.42 Å². The van der Waals surface area contributed by atoms with Crippen molar-refractivity contribution in [2.45, 2.75) is 25.8 Å². The number of aromatic nitrogens is 3. The third kappa shape index (κ3) is 2.56. The van der Waals surface area contributed by atoms with Crippen LogP contribution in [0.2, 0.25) is 0 Å². The van der Waals surface area contributed by atoms with Crippen LogP contribution in [-0.2, 0) is 6.42 Å². The first-order valence-corrected chi connectivity index (χ1v) is 8.90. The Morgan fingerprint density at radius 3 is 3.04 bits per heavy atom. The second kappa shape index (κ2) is 5.99. The number of benzene rings is 2. The van der Waals surface area contributed by atoms with Crippen LogP contribution in [0.3, 0.4) is 0 Å². The number of oxazole rings is 1.